The minimum atomic E-state index is -0.0971. The first-order valence-corrected chi connectivity index (χ1v) is 8.55. The number of hydrogen-bond acceptors (Lipinski definition) is 4. The fourth-order valence-corrected chi connectivity index (χ4v) is 2.91. The van der Waals surface area contributed by atoms with Gasteiger partial charge in [-0.2, -0.15) is 5.10 Å². The Kier molecular flexibility index (Phi) is 4.30. The van der Waals surface area contributed by atoms with Gasteiger partial charge < -0.3 is 9.72 Å². The third-order valence-corrected chi connectivity index (χ3v) is 4.23. The third-order valence-electron chi connectivity index (χ3n) is 4.23. The number of imidazole rings is 1. The molecule has 6 nitrogen and oxygen atoms in total. The molecule has 0 bridgehead atoms. The van der Waals surface area contributed by atoms with Gasteiger partial charge >= 0.3 is 0 Å². The molecule has 0 aliphatic carbocycles. The number of fused-ring (bicyclic) bond motifs is 2. The molecule has 1 N–H and O–H groups in total. The van der Waals surface area contributed by atoms with Gasteiger partial charge in [0.05, 0.1) is 11.7 Å². The van der Waals surface area contributed by atoms with Crippen molar-refractivity contribution in [3.8, 4) is 5.75 Å². The maximum absolute atomic E-state index is 12.7. The van der Waals surface area contributed by atoms with E-state index in [1.54, 1.807) is 23.0 Å². The lowest BCUT2D eigenvalue weighted by atomic mass is 10.2. The lowest BCUT2D eigenvalue weighted by Gasteiger charge is -2.03. The summed E-state index contributed by atoms with van der Waals surface area (Å²) in [6.45, 7) is 5.92. The summed E-state index contributed by atoms with van der Waals surface area (Å²) in [4.78, 5) is 20.3. The van der Waals surface area contributed by atoms with Crippen LogP contribution in [0.4, 0.5) is 0 Å². The van der Waals surface area contributed by atoms with Crippen LogP contribution < -0.4 is 10.2 Å². The van der Waals surface area contributed by atoms with E-state index in [1.165, 1.54) is 0 Å². The molecule has 0 aliphatic heterocycles. The highest BCUT2D eigenvalue weighted by molar-refractivity contribution is 5.89. The van der Waals surface area contributed by atoms with Crippen LogP contribution in [0.25, 0.3) is 22.1 Å². The summed E-state index contributed by atoms with van der Waals surface area (Å²) >= 11 is 0. The summed E-state index contributed by atoms with van der Waals surface area (Å²) in [5.41, 5.74) is 2.54. The van der Waals surface area contributed by atoms with E-state index in [-0.39, 0.29) is 5.43 Å². The van der Waals surface area contributed by atoms with Gasteiger partial charge in [0.2, 0.25) is 5.43 Å². The second-order valence-electron chi connectivity index (χ2n) is 6.08. The smallest absolute Gasteiger partial charge is 0.217 e. The van der Waals surface area contributed by atoms with Crippen LogP contribution in [0.5, 0.6) is 5.75 Å². The maximum Gasteiger partial charge on any atom is 0.217 e. The zero-order valence-corrected chi connectivity index (χ0v) is 14.8. The van der Waals surface area contributed by atoms with E-state index < -0.39 is 0 Å². The molecule has 4 rings (SSSR count). The van der Waals surface area contributed by atoms with Crippen molar-refractivity contribution in [2.75, 3.05) is 6.61 Å². The predicted octanol–water partition coefficient (Wildman–Crippen LogP) is 3.63. The van der Waals surface area contributed by atoms with Crippen LogP contribution in [0.3, 0.4) is 0 Å². The topological polar surface area (TPSA) is 72.3 Å². The van der Waals surface area contributed by atoms with Crippen molar-refractivity contribution in [3.63, 3.8) is 0 Å². The second kappa shape index (κ2) is 6.92. The van der Waals surface area contributed by atoms with Gasteiger partial charge in [0.15, 0.2) is 11.2 Å². The quantitative estimate of drug-likeness (QED) is 0.437. The predicted molar refractivity (Wildman–Crippen MR) is 108 cm³/mol. The number of para-hydroxylation sites is 1. The Morgan fingerprint density at radius 2 is 2.00 bits per heavy atom. The first-order valence-electron chi connectivity index (χ1n) is 8.55. The molecule has 0 aliphatic rings. The number of H-pyrrole nitrogens is 1. The summed E-state index contributed by atoms with van der Waals surface area (Å²) in [5, 5.41) is 5.13. The number of nitrogens with zero attached hydrogens (tertiary/aromatic N) is 3. The number of aromatic nitrogens is 3. The average molecular weight is 358 g/mol. The molecular formula is C21H18N4O2. The summed E-state index contributed by atoms with van der Waals surface area (Å²) in [6.07, 6.45) is 3.42. The highest BCUT2D eigenvalue weighted by Crippen LogP contribution is 2.16. The molecule has 2 heterocycles. The SMILES string of the molecule is C=CCOc1ccc(C=Nn2c(C)nc3c(=O)c4ccccc4[nH]c32)cc1. The number of pyridine rings is 1. The Hall–Kier alpha value is -3.67. The Balaban J connectivity index is 1.73. The third kappa shape index (κ3) is 3.13. The number of hydrogen-bond donors (Lipinski definition) is 1. The first-order chi connectivity index (χ1) is 13.2. The van der Waals surface area contributed by atoms with E-state index in [0.29, 0.717) is 29.0 Å². The highest BCUT2D eigenvalue weighted by Gasteiger charge is 2.13. The molecule has 0 spiro atoms. The second-order valence-corrected chi connectivity index (χ2v) is 6.08. The Morgan fingerprint density at radius 3 is 2.78 bits per heavy atom. The summed E-state index contributed by atoms with van der Waals surface area (Å²) in [6, 6.07) is 15.0. The van der Waals surface area contributed by atoms with Crippen molar-refractivity contribution < 1.29 is 4.74 Å². The minimum absolute atomic E-state index is 0.0971. The van der Waals surface area contributed by atoms with Crippen molar-refractivity contribution in [2.24, 2.45) is 5.10 Å². The standard InChI is InChI=1S/C21H18N4O2/c1-3-12-27-16-10-8-15(9-11-16)13-22-25-14(2)23-19-20(26)17-6-4-5-7-18(17)24-21(19)25/h3-11,13H,1,12H2,2H3,(H,24,26). The fourth-order valence-electron chi connectivity index (χ4n) is 2.91. The molecule has 0 saturated carbocycles. The summed E-state index contributed by atoms with van der Waals surface area (Å²) in [5.74, 6) is 1.41. The van der Waals surface area contributed by atoms with Gasteiger partial charge in [0.1, 0.15) is 18.2 Å². The molecule has 0 saturated heterocycles. The lowest BCUT2D eigenvalue weighted by Crippen LogP contribution is -2.04. The number of benzene rings is 2. The van der Waals surface area contributed by atoms with Gasteiger partial charge in [0.25, 0.3) is 0 Å². The minimum Gasteiger partial charge on any atom is -0.490 e. The van der Waals surface area contributed by atoms with Gasteiger partial charge in [-0.15, -0.1) is 0 Å². The normalized spacial score (nSPS) is 11.4. The van der Waals surface area contributed by atoms with Gasteiger partial charge in [-0.25, -0.2) is 9.66 Å². The molecule has 0 atom stereocenters. The monoisotopic (exact) mass is 358 g/mol. The Morgan fingerprint density at radius 1 is 1.22 bits per heavy atom. The molecule has 0 fully saturated rings. The van der Waals surface area contributed by atoms with E-state index in [2.05, 4.69) is 21.6 Å². The average Bonchev–Trinajstić information content (AvgIpc) is 3.01. The molecule has 0 amide bonds. The Bertz CT molecular complexity index is 1220. The number of nitrogens with one attached hydrogen (secondary N) is 1. The number of ether oxygens (including phenoxy) is 1. The highest BCUT2D eigenvalue weighted by atomic mass is 16.5. The van der Waals surface area contributed by atoms with Crippen LogP contribution in [0.15, 0.2) is 71.1 Å². The van der Waals surface area contributed by atoms with Gasteiger partial charge in [-0.1, -0.05) is 24.8 Å². The van der Waals surface area contributed by atoms with E-state index in [1.807, 2.05) is 49.4 Å². The van der Waals surface area contributed by atoms with E-state index in [0.717, 1.165) is 16.8 Å². The molecule has 2 aromatic carbocycles. The van der Waals surface area contributed by atoms with E-state index >= 15 is 0 Å². The lowest BCUT2D eigenvalue weighted by molar-refractivity contribution is 0.363. The molecule has 6 heteroatoms. The van der Waals surface area contributed by atoms with Crippen molar-refractivity contribution in [1.82, 2.24) is 14.6 Å². The Labute approximate surface area is 155 Å². The number of rotatable bonds is 5. The van der Waals surface area contributed by atoms with Gasteiger partial charge in [-0.05, 0) is 48.9 Å². The van der Waals surface area contributed by atoms with Crippen LogP contribution in [0.1, 0.15) is 11.4 Å². The largest absolute Gasteiger partial charge is 0.490 e. The van der Waals surface area contributed by atoms with Crippen LogP contribution in [0.2, 0.25) is 0 Å². The van der Waals surface area contributed by atoms with Crippen LogP contribution in [-0.2, 0) is 0 Å². The molecule has 0 unspecified atom stereocenters. The van der Waals surface area contributed by atoms with Crippen molar-refractivity contribution in [3.05, 3.63) is 82.8 Å². The van der Waals surface area contributed by atoms with E-state index in [9.17, 15) is 4.79 Å². The van der Waals surface area contributed by atoms with Gasteiger partial charge in [-0.3, -0.25) is 4.79 Å². The fraction of sp³-hybridized carbons (Fsp3) is 0.0952. The van der Waals surface area contributed by atoms with Crippen molar-refractivity contribution >= 4 is 28.3 Å². The van der Waals surface area contributed by atoms with Gasteiger partial charge in [0, 0.05) is 5.39 Å². The van der Waals surface area contributed by atoms with Crippen molar-refractivity contribution in [1.29, 1.82) is 0 Å². The van der Waals surface area contributed by atoms with E-state index in [4.69, 9.17) is 4.74 Å². The molecule has 4 aromatic rings. The molecule has 27 heavy (non-hydrogen) atoms. The maximum atomic E-state index is 12.7. The molecule has 0 radical (unpaired) electrons. The molecule has 2 aromatic heterocycles. The zero-order valence-electron chi connectivity index (χ0n) is 14.8. The summed E-state index contributed by atoms with van der Waals surface area (Å²) < 4.78 is 7.12. The zero-order chi connectivity index (χ0) is 18.8. The van der Waals surface area contributed by atoms with Crippen LogP contribution in [-0.4, -0.2) is 27.5 Å². The van der Waals surface area contributed by atoms with Crippen molar-refractivity contribution in [2.45, 2.75) is 6.92 Å². The molecular weight excluding hydrogens is 340 g/mol. The number of aryl methyl sites for hydroxylation is 1. The molecule has 134 valence electrons. The van der Waals surface area contributed by atoms with Crippen LogP contribution >= 0.6 is 0 Å². The number of aromatic amines is 1. The van der Waals surface area contributed by atoms with Crippen LogP contribution in [0, 0.1) is 6.92 Å². The summed E-state index contributed by atoms with van der Waals surface area (Å²) in [7, 11) is 0. The first kappa shape index (κ1) is 16.8.